The molecule has 2 rings (SSSR count). The van der Waals surface area contributed by atoms with Gasteiger partial charge in [-0.2, -0.15) is 0 Å². The maximum Gasteiger partial charge on any atom is 0.335 e. The molecule has 0 aliphatic heterocycles. The number of amides is 1. The van der Waals surface area contributed by atoms with Gasteiger partial charge in [-0.1, -0.05) is 12.1 Å². The second-order valence-electron chi connectivity index (χ2n) is 5.87. The van der Waals surface area contributed by atoms with Gasteiger partial charge in [0.05, 0.1) is 12.7 Å². The predicted molar refractivity (Wildman–Crippen MR) is 96.6 cm³/mol. The monoisotopic (exact) mass is 373 g/mol. The molecule has 0 radical (unpaired) electrons. The first-order valence-electron chi connectivity index (χ1n) is 8.36. The lowest BCUT2D eigenvalue weighted by Gasteiger charge is -2.07. The molecule has 0 saturated carbocycles. The van der Waals surface area contributed by atoms with Crippen molar-refractivity contribution in [3.05, 3.63) is 65.0 Å². The van der Waals surface area contributed by atoms with Crippen molar-refractivity contribution in [2.24, 2.45) is 0 Å². The van der Waals surface area contributed by atoms with E-state index in [2.05, 4.69) is 5.32 Å². The number of carboxylic acid groups (broad SMARTS) is 1. The first kappa shape index (κ1) is 20.1. The summed E-state index contributed by atoms with van der Waals surface area (Å²) in [5, 5.41) is 11.5. The number of benzene rings is 2. The van der Waals surface area contributed by atoms with Gasteiger partial charge in [-0.25, -0.2) is 9.18 Å². The number of hydrogen-bond acceptors (Lipinski definition) is 4. The van der Waals surface area contributed by atoms with Crippen molar-refractivity contribution >= 4 is 17.7 Å². The number of carbonyl (C=O) groups excluding carboxylic acids is 2. The van der Waals surface area contributed by atoms with E-state index in [1.807, 2.05) is 0 Å². The van der Waals surface area contributed by atoms with E-state index in [-0.39, 0.29) is 41.4 Å². The SMILES string of the molecule is COc1ccc(C(=O)CCC(=O)NCCc2ccc(C(=O)O)cc2)cc1F. The molecule has 0 atom stereocenters. The van der Waals surface area contributed by atoms with Crippen molar-refractivity contribution in [1.29, 1.82) is 0 Å². The molecule has 142 valence electrons. The number of rotatable bonds is 9. The lowest BCUT2D eigenvalue weighted by Crippen LogP contribution is -2.26. The van der Waals surface area contributed by atoms with Crippen molar-refractivity contribution in [1.82, 2.24) is 5.32 Å². The highest BCUT2D eigenvalue weighted by atomic mass is 19.1. The normalized spacial score (nSPS) is 10.3. The van der Waals surface area contributed by atoms with Crippen molar-refractivity contribution in [2.45, 2.75) is 19.3 Å². The Labute approximate surface area is 156 Å². The van der Waals surface area contributed by atoms with E-state index in [1.54, 1.807) is 12.1 Å². The van der Waals surface area contributed by atoms with Gasteiger partial charge >= 0.3 is 5.97 Å². The molecule has 1 amide bonds. The summed E-state index contributed by atoms with van der Waals surface area (Å²) in [6.07, 6.45) is 0.526. The Hall–Kier alpha value is -3.22. The van der Waals surface area contributed by atoms with E-state index in [1.165, 1.54) is 31.4 Å². The first-order chi connectivity index (χ1) is 12.9. The van der Waals surface area contributed by atoms with Crippen LogP contribution in [0.4, 0.5) is 4.39 Å². The number of aromatic carboxylic acids is 1. The zero-order valence-corrected chi connectivity index (χ0v) is 14.8. The molecular formula is C20H20FNO5. The van der Waals surface area contributed by atoms with Gasteiger partial charge in [0.15, 0.2) is 17.3 Å². The number of carboxylic acids is 1. The van der Waals surface area contributed by atoms with Crippen LogP contribution in [-0.2, 0) is 11.2 Å². The van der Waals surface area contributed by atoms with Gasteiger partial charge in [-0.05, 0) is 42.3 Å². The average molecular weight is 373 g/mol. The molecule has 7 heteroatoms. The second kappa shape index (κ2) is 9.47. The van der Waals surface area contributed by atoms with Crippen LogP contribution in [0, 0.1) is 5.82 Å². The summed E-state index contributed by atoms with van der Waals surface area (Å²) in [7, 11) is 1.34. The van der Waals surface area contributed by atoms with Crippen molar-refractivity contribution in [3.63, 3.8) is 0 Å². The number of ketones is 1. The summed E-state index contributed by atoms with van der Waals surface area (Å²) in [4.78, 5) is 34.7. The standard InChI is InChI=1S/C20H20FNO5/c1-27-18-8-6-15(12-16(18)21)17(23)7-9-19(24)22-11-10-13-2-4-14(5-3-13)20(25)26/h2-6,8,12H,7,9-11H2,1H3,(H,22,24)(H,25,26). The fraction of sp³-hybridized carbons (Fsp3) is 0.250. The fourth-order valence-electron chi connectivity index (χ4n) is 2.46. The van der Waals surface area contributed by atoms with Gasteiger partial charge in [-0.3, -0.25) is 9.59 Å². The third-order valence-electron chi connectivity index (χ3n) is 3.99. The minimum Gasteiger partial charge on any atom is -0.494 e. The summed E-state index contributed by atoms with van der Waals surface area (Å²) < 4.78 is 18.4. The first-order valence-corrected chi connectivity index (χ1v) is 8.36. The summed E-state index contributed by atoms with van der Waals surface area (Å²) in [5.41, 5.74) is 1.29. The molecule has 2 N–H and O–H groups in total. The molecule has 0 aliphatic carbocycles. The molecule has 0 aromatic heterocycles. The van der Waals surface area contributed by atoms with E-state index in [9.17, 15) is 18.8 Å². The van der Waals surface area contributed by atoms with E-state index in [0.29, 0.717) is 13.0 Å². The molecule has 27 heavy (non-hydrogen) atoms. The molecule has 0 aliphatic rings. The van der Waals surface area contributed by atoms with Gasteiger partial charge in [0.2, 0.25) is 5.91 Å². The summed E-state index contributed by atoms with van der Waals surface area (Å²) >= 11 is 0. The summed E-state index contributed by atoms with van der Waals surface area (Å²) in [6, 6.07) is 10.3. The molecular weight excluding hydrogens is 353 g/mol. The van der Waals surface area contributed by atoms with Crippen LogP contribution in [0.15, 0.2) is 42.5 Å². The summed E-state index contributed by atoms with van der Waals surface area (Å²) in [5.74, 6) is -2.16. The Morgan fingerprint density at radius 2 is 1.70 bits per heavy atom. The quantitative estimate of drug-likeness (QED) is 0.660. The second-order valence-corrected chi connectivity index (χ2v) is 5.87. The van der Waals surface area contributed by atoms with Crippen LogP contribution >= 0.6 is 0 Å². The molecule has 2 aromatic carbocycles. The molecule has 0 heterocycles. The lowest BCUT2D eigenvalue weighted by molar-refractivity contribution is -0.121. The Morgan fingerprint density at radius 1 is 1.04 bits per heavy atom. The highest BCUT2D eigenvalue weighted by Crippen LogP contribution is 2.18. The molecule has 0 spiro atoms. The summed E-state index contributed by atoms with van der Waals surface area (Å²) in [6.45, 7) is 0.372. The zero-order chi connectivity index (χ0) is 19.8. The number of carbonyl (C=O) groups is 3. The maximum atomic E-state index is 13.6. The third-order valence-corrected chi connectivity index (χ3v) is 3.99. The number of ether oxygens (including phenoxy) is 1. The molecule has 0 fully saturated rings. The minimum atomic E-state index is -0.990. The Bertz CT molecular complexity index is 833. The van der Waals surface area contributed by atoms with Gasteiger partial charge in [0.25, 0.3) is 0 Å². The van der Waals surface area contributed by atoms with E-state index >= 15 is 0 Å². The Kier molecular flexibility index (Phi) is 7.05. The van der Waals surface area contributed by atoms with Crippen LogP contribution in [0.25, 0.3) is 0 Å². The highest BCUT2D eigenvalue weighted by molar-refractivity contribution is 5.98. The maximum absolute atomic E-state index is 13.6. The smallest absolute Gasteiger partial charge is 0.335 e. The van der Waals surface area contributed by atoms with Gasteiger partial charge in [-0.15, -0.1) is 0 Å². The molecule has 0 bridgehead atoms. The number of hydrogen-bond donors (Lipinski definition) is 2. The Morgan fingerprint density at radius 3 is 2.30 bits per heavy atom. The van der Waals surface area contributed by atoms with Crippen LogP contribution in [0.1, 0.15) is 39.1 Å². The number of Topliss-reactive ketones (excluding diaryl/α,β-unsaturated/α-hetero) is 1. The molecule has 0 unspecified atom stereocenters. The van der Waals surface area contributed by atoms with Gasteiger partial charge in [0, 0.05) is 24.9 Å². The average Bonchev–Trinajstić information content (AvgIpc) is 2.66. The van der Waals surface area contributed by atoms with Crippen LogP contribution in [0.5, 0.6) is 5.75 Å². The fourth-order valence-corrected chi connectivity index (χ4v) is 2.46. The topological polar surface area (TPSA) is 92.7 Å². The Balaban J connectivity index is 1.75. The minimum absolute atomic E-state index is 0.00440. The lowest BCUT2D eigenvalue weighted by atomic mass is 10.1. The predicted octanol–water partition coefficient (Wildman–Crippen LogP) is 2.85. The molecule has 0 saturated heterocycles. The molecule has 6 nitrogen and oxygen atoms in total. The van der Waals surface area contributed by atoms with E-state index in [0.717, 1.165) is 11.6 Å². The van der Waals surface area contributed by atoms with Gasteiger partial charge < -0.3 is 15.2 Å². The van der Waals surface area contributed by atoms with Crippen molar-refractivity contribution in [2.75, 3.05) is 13.7 Å². The van der Waals surface area contributed by atoms with Crippen LogP contribution in [0.3, 0.4) is 0 Å². The third kappa shape index (κ3) is 5.91. The van der Waals surface area contributed by atoms with Crippen LogP contribution < -0.4 is 10.1 Å². The number of halogens is 1. The van der Waals surface area contributed by atoms with E-state index in [4.69, 9.17) is 9.84 Å². The van der Waals surface area contributed by atoms with E-state index < -0.39 is 11.8 Å². The zero-order valence-electron chi connectivity index (χ0n) is 14.8. The van der Waals surface area contributed by atoms with Crippen molar-refractivity contribution in [3.8, 4) is 5.75 Å². The van der Waals surface area contributed by atoms with Crippen molar-refractivity contribution < 1.29 is 28.6 Å². The highest BCUT2D eigenvalue weighted by Gasteiger charge is 2.12. The largest absolute Gasteiger partial charge is 0.494 e. The van der Waals surface area contributed by atoms with Crippen LogP contribution in [-0.4, -0.2) is 36.4 Å². The number of nitrogens with one attached hydrogen (secondary N) is 1. The molecule has 2 aromatic rings. The number of methoxy groups -OCH3 is 1. The van der Waals surface area contributed by atoms with Gasteiger partial charge in [0.1, 0.15) is 0 Å². The van der Waals surface area contributed by atoms with Crippen LogP contribution in [0.2, 0.25) is 0 Å².